The number of thioether (sulfide) groups is 1. The van der Waals surface area contributed by atoms with Crippen molar-refractivity contribution in [3.05, 3.63) is 41.5 Å². The fraction of sp³-hybridized carbons (Fsp3) is 0.143. The highest BCUT2D eigenvalue weighted by Crippen LogP contribution is 2.32. The predicted molar refractivity (Wildman–Crippen MR) is 71.8 cm³/mol. The van der Waals surface area contributed by atoms with Crippen molar-refractivity contribution >= 4 is 28.5 Å². The highest BCUT2D eigenvalue weighted by molar-refractivity contribution is 7.98. The summed E-state index contributed by atoms with van der Waals surface area (Å²) in [4.78, 5) is 12.6. The molecule has 0 saturated heterocycles. The zero-order chi connectivity index (χ0) is 13.1. The number of rotatable bonds is 2. The van der Waals surface area contributed by atoms with E-state index in [0.29, 0.717) is 16.0 Å². The normalized spacial score (nSPS) is 10.1. The number of esters is 1. The van der Waals surface area contributed by atoms with Gasteiger partial charge < -0.3 is 4.74 Å². The van der Waals surface area contributed by atoms with Crippen LogP contribution in [0.4, 0.5) is 0 Å². The van der Waals surface area contributed by atoms with Crippen molar-refractivity contribution in [2.24, 2.45) is 0 Å². The molecule has 0 amide bonds. The van der Waals surface area contributed by atoms with E-state index in [4.69, 9.17) is 4.74 Å². The van der Waals surface area contributed by atoms with Crippen LogP contribution in [0.3, 0.4) is 0 Å². The van der Waals surface area contributed by atoms with Crippen LogP contribution in [0.25, 0.3) is 10.8 Å². The van der Waals surface area contributed by atoms with Crippen LogP contribution in [0.2, 0.25) is 0 Å². The second kappa shape index (κ2) is 5.11. The van der Waals surface area contributed by atoms with Crippen LogP contribution in [0.5, 0.6) is 0 Å². The number of hydrogen-bond donors (Lipinski definition) is 0. The van der Waals surface area contributed by atoms with Crippen LogP contribution in [-0.2, 0) is 4.74 Å². The Morgan fingerprint density at radius 2 is 2.11 bits per heavy atom. The molecule has 90 valence electrons. The largest absolute Gasteiger partial charge is 0.465 e. The molecule has 0 N–H and O–H groups in total. The molecular formula is C14H11NO2S. The standard InChI is InChI=1S/C14H11NO2S/c1-17-14(16)12-11-6-4-3-5-9(11)7-10(8-15)13(12)18-2/h3-7H,1-2H3. The number of carbonyl (C=O) groups excluding carboxylic acids is 1. The van der Waals surface area contributed by atoms with Crippen molar-refractivity contribution in [3.8, 4) is 6.07 Å². The van der Waals surface area contributed by atoms with E-state index in [0.717, 1.165) is 10.8 Å². The molecule has 2 aromatic rings. The summed E-state index contributed by atoms with van der Waals surface area (Å²) in [5, 5.41) is 10.9. The van der Waals surface area contributed by atoms with Crippen molar-refractivity contribution in [3.63, 3.8) is 0 Å². The molecule has 0 saturated carbocycles. The van der Waals surface area contributed by atoms with Crippen LogP contribution < -0.4 is 0 Å². The molecule has 18 heavy (non-hydrogen) atoms. The lowest BCUT2D eigenvalue weighted by Crippen LogP contribution is -2.05. The van der Waals surface area contributed by atoms with E-state index in [1.165, 1.54) is 18.9 Å². The molecule has 0 spiro atoms. The minimum absolute atomic E-state index is 0.410. The first kappa shape index (κ1) is 12.5. The first-order valence-corrected chi connectivity index (χ1v) is 6.53. The van der Waals surface area contributed by atoms with E-state index in [9.17, 15) is 10.1 Å². The van der Waals surface area contributed by atoms with Gasteiger partial charge >= 0.3 is 5.97 Å². The third-order valence-corrected chi connectivity index (χ3v) is 3.55. The minimum Gasteiger partial charge on any atom is -0.465 e. The van der Waals surface area contributed by atoms with E-state index in [1.54, 1.807) is 6.07 Å². The number of methoxy groups -OCH3 is 1. The number of hydrogen-bond acceptors (Lipinski definition) is 4. The van der Waals surface area contributed by atoms with Crippen molar-refractivity contribution in [2.45, 2.75) is 4.90 Å². The predicted octanol–water partition coefficient (Wildman–Crippen LogP) is 3.22. The smallest absolute Gasteiger partial charge is 0.339 e. The van der Waals surface area contributed by atoms with Gasteiger partial charge in [0.2, 0.25) is 0 Å². The van der Waals surface area contributed by atoms with Gasteiger partial charge in [0, 0.05) is 4.90 Å². The summed E-state index contributed by atoms with van der Waals surface area (Å²) in [6.07, 6.45) is 1.84. The maximum Gasteiger partial charge on any atom is 0.339 e. The summed E-state index contributed by atoms with van der Waals surface area (Å²) in [6.45, 7) is 0. The third kappa shape index (κ3) is 1.93. The molecule has 2 aromatic carbocycles. The van der Waals surface area contributed by atoms with Gasteiger partial charge in [-0.15, -0.1) is 11.8 Å². The van der Waals surface area contributed by atoms with Crippen molar-refractivity contribution < 1.29 is 9.53 Å². The Hall–Kier alpha value is -1.99. The van der Waals surface area contributed by atoms with Crippen molar-refractivity contribution in [2.75, 3.05) is 13.4 Å². The molecule has 0 atom stereocenters. The van der Waals surface area contributed by atoms with Crippen molar-refractivity contribution in [1.29, 1.82) is 5.26 Å². The van der Waals surface area contributed by atoms with E-state index < -0.39 is 5.97 Å². The average molecular weight is 257 g/mol. The maximum absolute atomic E-state index is 11.9. The van der Waals surface area contributed by atoms with Gasteiger partial charge in [0.25, 0.3) is 0 Å². The van der Waals surface area contributed by atoms with Crippen LogP contribution in [-0.4, -0.2) is 19.3 Å². The van der Waals surface area contributed by atoms with E-state index in [1.807, 2.05) is 30.5 Å². The van der Waals surface area contributed by atoms with Gasteiger partial charge in [-0.25, -0.2) is 4.79 Å². The van der Waals surface area contributed by atoms with E-state index in [2.05, 4.69) is 6.07 Å². The van der Waals surface area contributed by atoms with Gasteiger partial charge in [0.1, 0.15) is 6.07 Å². The Labute approximate surface area is 109 Å². The summed E-state index contributed by atoms with van der Waals surface area (Å²) >= 11 is 1.38. The Balaban J connectivity index is 2.92. The lowest BCUT2D eigenvalue weighted by atomic mass is 10.0. The quantitative estimate of drug-likeness (QED) is 0.612. The number of carbonyl (C=O) groups is 1. The molecule has 2 rings (SSSR count). The molecule has 0 aromatic heterocycles. The summed E-state index contributed by atoms with van der Waals surface area (Å²) in [6, 6.07) is 11.4. The SMILES string of the molecule is COC(=O)c1c(SC)c(C#N)cc2ccccc12. The van der Waals surface area contributed by atoms with Gasteiger partial charge in [-0.2, -0.15) is 5.26 Å². The third-order valence-electron chi connectivity index (χ3n) is 2.72. The van der Waals surface area contributed by atoms with Crippen LogP contribution in [0.15, 0.2) is 35.2 Å². The molecule has 0 aliphatic rings. The molecule has 0 bridgehead atoms. The second-order valence-corrected chi connectivity index (χ2v) is 4.47. The summed E-state index contributed by atoms with van der Waals surface area (Å²) in [5.41, 5.74) is 0.973. The number of nitriles is 1. The highest BCUT2D eigenvalue weighted by Gasteiger charge is 2.19. The monoisotopic (exact) mass is 257 g/mol. The number of nitrogens with zero attached hydrogens (tertiary/aromatic N) is 1. The van der Waals surface area contributed by atoms with Crippen molar-refractivity contribution in [1.82, 2.24) is 0 Å². The first-order valence-electron chi connectivity index (χ1n) is 5.31. The second-order valence-electron chi connectivity index (χ2n) is 3.66. The molecule has 3 nitrogen and oxygen atoms in total. The van der Waals surface area contributed by atoms with Gasteiger partial charge in [0.15, 0.2) is 0 Å². The lowest BCUT2D eigenvalue weighted by molar-refractivity contribution is 0.0599. The lowest BCUT2D eigenvalue weighted by Gasteiger charge is -2.11. The molecule has 0 unspecified atom stereocenters. The first-order chi connectivity index (χ1) is 8.72. The Kier molecular flexibility index (Phi) is 3.54. The molecular weight excluding hydrogens is 246 g/mol. The topological polar surface area (TPSA) is 50.1 Å². The van der Waals surface area contributed by atoms with Crippen LogP contribution >= 0.6 is 11.8 Å². The molecule has 0 radical (unpaired) electrons. The maximum atomic E-state index is 11.9. The molecule has 0 heterocycles. The fourth-order valence-electron chi connectivity index (χ4n) is 1.93. The zero-order valence-electron chi connectivity index (χ0n) is 10.1. The highest BCUT2D eigenvalue weighted by atomic mass is 32.2. The average Bonchev–Trinajstić information content (AvgIpc) is 2.44. The van der Waals surface area contributed by atoms with E-state index >= 15 is 0 Å². The van der Waals surface area contributed by atoms with Gasteiger partial charge in [-0.05, 0) is 23.1 Å². The summed E-state index contributed by atoms with van der Waals surface area (Å²) in [5.74, 6) is -0.410. The van der Waals surface area contributed by atoms with Gasteiger partial charge in [-0.3, -0.25) is 0 Å². The Bertz CT molecular complexity index is 659. The molecule has 0 fully saturated rings. The molecule has 0 aliphatic carbocycles. The minimum atomic E-state index is -0.410. The van der Waals surface area contributed by atoms with Crippen LogP contribution in [0, 0.1) is 11.3 Å². The number of benzene rings is 2. The number of ether oxygens (including phenoxy) is 1. The van der Waals surface area contributed by atoms with Gasteiger partial charge in [0.05, 0.1) is 18.2 Å². The molecule has 4 heteroatoms. The summed E-state index contributed by atoms with van der Waals surface area (Å²) < 4.78 is 4.82. The number of fused-ring (bicyclic) bond motifs is 1. The van der Waals surface area contributed by atoms with E-state index in [-0.39, 0.29) is 0 Å². The summed E-state index contributed by atoms with van der Waals surface area (Å²) in [7, 11) is 1.35. The molecule has 0 aliphatic heterocycles. The van der Waals surface area contributed by atoms with Crippen LogP contribution in [0.1, 0.15) is 15.9 Å². The Morgan fingerprint density at radius 1 is 1.39 bits per heavy atom. The Morgan fingerprint density at radius 3 is 2.72 bits per heavy atom. The van der Waals surface area contributed by atoms with Gasteiger partial charge in [-0.1, -0.05) is 24.3 Å². The fourth-order valence-corrected chi connectivity index (χ4v) is 2.65. The zero-order valence-corrected chi connectivity index (χ0v) is 10.9.